The van der Waals surface area contributed by atoms with Crippen LogP contribution in [0.3, 0.4) is 0 Å². The summed E-state index contributed by atoms with van der Waals surface area (Å²) in [4.78, 5) is 74.9. The van der Waals surface area contributed by atoms with Gasteiger partial charge in [0.2, 0.25) is 17.8 Å². The average molecular weight is 1770 g/mol. The van der Waals surface area contributed by atoms with Crippen molar-refractivity contribution < 1.29 is 122 Å². The van der Waals surface area contributed by atoms with Gasteiger partial charge >= 0.3 is 70.3 Å². The quantitative estimate of drug-likeness (QED) is 0.00486. The van der Waals surface area contributed by atoms with E-state index < -0.39 is 24.2 Å². The molecule has 3 aromatic heterocycles. The molecule has 2 aliphatic heterocycles. The van der Waals surface area contributed by atoms with Gasteiger partial charge in [0.15, 0.2) is 0 Å². The van der Waals surface area contributed by atoms with Gasteiger partial charge in [-0.3, -0.25) is 33.1 Å². The maximum Gasteiger partial charge on any atom is 1.00 e. The largest absolute Gasteiger partial charge is 1.00 e. The average Bonchev–Trinajstić information content (AvgIpc) is 0.779. The number of aliphatic imine (C=N–C) groups is 1. The molecule has 0 fully saturated rings. The number of carbonyl (C=O) groups excluding carboxylic acids is 3. The van der Waals surface area contributed by atoms with Crippen LogP contribution in [0.2, 0.25) is 5.15 Å². The van der Waals surface area contributed by atoms with Crippen molar-refractivity contribution in [3.05, 3.63) is 270 Å². The fraction of sp³-hybridized carbons (Fsp3) is 0.266. The summed E-state index contributed by atoms with van der Waals surface area (Å²) in [5.41, 5.74) is 24.5. The maximum absolute atomic E-state index is 13.1. The molecule has 0 saturated heterocycles. The van der Waals surface area contributed by atoms with E-state index in [9.17, 15) is 45.3 Å². The molecule has 3 unspecified atom stereocenters. The molecule has 116 heavy (non-hydrogen) atoms. The van der Waals surface area contributed by atoms with Crippen molar-refractivity contribution in [3.63, 3.8) is 0 Å². The van der Waals surface area contributed by atoms with Gasteiger partial charge in [-0.1, -0.05) is 60.1 Å². The van der Waals surface area contributed by atoms with Gasteiger partial charge in [0.05, 0.1) is 32.7 Å². The number of nitrogens with two attached hydrogens (primary N) is 2. The van der Waals surface area contributed by atoms with E-state index in [1.165, 1.54) is 108 Å². The number of rotatable bonds is 12. The molecule has 0 spiro atoms. The Morgan fingerprint density at radius 3 is 1.47 bits per heavy atom. The van der Waals surface area contributed by atoms with Crippen LogP contribution in [0.4, 0.5) is 78.4 Å². The van der Waals surface area contributed by atoms with E-state index in [1.807, 2.05) is 20.8 Å². The molecule has 12 rings (SSSR count). The number of alkyl halides is 1. The van der Waals surface area contributed by atoms with Crippen LogP contribution in [0, 0.1) is 76.5 Å². The Labute approximate surface area is 750 Å². The van der Waals surface area contributed by atoms with E-state index in [1.54, 1.807) is 83.1 Å². The first kappa shape index (κ1) is 108. The first-order valence-corrected chi connectivity index (χ1v) is 38.9. The van der Waals surface area contributed by atoms with Crippen molar-refractivity contribution in [1.82, 2.24) is 35.2 Å². The minimum Gasteiger partial charge on any atom is -1.00 e. The summed E-state index contributed by atoms with van der Waals surface area (Å²) in [6.45, 7) is 24.2. The number of hydrogen-bond acceptors (Lipinski definition) is 20. The zero-order valence-corrected chi connectivity index (χ0v) is 75.9. The SMILES string of the molecule is CC(N)=Nc1ccc(F)cc1.CC1NCCc2ccccc21.CCOC(=O)C(C)C(C)=O.Cc1nc(Nc2ccc(F)cc2)[nH]c(=O)c1C.Cc1nc(Nc2ccc(F)cc2)nc(Cl)c1C.Cc1nc(Nc2ccc(F)cc2)nc(N2CCc3ccccc3C2C)c1C.Cl.Cl.Nc1ccc(F)cc1.O=CO[O-].O=P(Cl)(Cl)Cl.[2H]CF.[H-].[Na+].[Na+]. The summed E-state index contributed by atoms with van der Waals surface area (Å²) in [5.74, 6) is 0.145. The van der Waals surface area contributed by atoms with Crippen molar-refractivity contribution >= 4 is 151 Å². The van der Waals surface area contributed by atoms with Crippen LogP contribution in [0.1, 0.15) is 112 Å². The fourth-order valence-electron chi connectivity index (χ4n) is 9.69. The Bertz CT molecular complexity index is 4720. The van der Waals surface area contributed by atoms with Crippen LogP contribution in [0.25, 0.3) is 0 Å². The summed E-state index contributed by atoms with van der Waals surface area (Å²) in [7, 11) is -1.00. The molecule has 0 amide bonds. The van der Waals surface area contributed by atoms with Crippen LogP contribution < -0.4 is 108 Å². The zero-order chi connectivity index (χ0) is 84.5. The van der Waals surface area contributed by atoms with Gasteiger partial charge in [0.25, 0.3) is 12.0 Å². The van der Waals surface area contributed by atoms with Crippen molar-refractivity contribution in [1.29, 1.82) is 0 Å². The molecule has 0 saturated carbocycles. The summed E-state index contributed by atoms with van der Waals surface area (Å²) in [6, 6.07) is 47.6. The minimum absolute atomic E-state index is 0. The number of carbonyl (C=O) groups is 3. The number of nitrogens with zero attached hydrogens (tertiary/aromatic N) is 7. The Kier molecular flexibility index (Phi) is 54.1. The molecule has 0 radical (unpaired) electrons. The maximum atomic E-state index is 13.1. The van der Waals surface area contributed by atoms with Gasteiger partial charge in [-0.15, -0.1) is 24.8 Å². The number of aryl methyl sites for hydroxylation is 3. The zero-order valence-electron chi connectivity index (χ0n) is 68.3. The number of anilines is 8. The first-order valence-electron chi connectivity index (χ1n) is 34.8. The van der Waals surface area contributed by atoms with Gasteiger partial charge < -0.3 is 53.9 Å². The number of halogens is 12. The third kappa shape index (κ3) is 42.0. The van der Waals surface area contributed by atoms with Crippen LogP contribution >= 0.6 is 75.3 Å². The fourth-order valence-corrected chi connectivity index (χ4v) is 9.91. The number of Topliss-reactive ketones (excluding diaryl/α,β-unsaturated/α-hetero) is 1. The van der Waals surface area contributed by atoms with Crippen LogP contribution in [-0.4, -0.2) is 80.8 Å². The monoisotopic (exact) mass is 1770 g/mol. The van der Waals surface area contributed by atoms with Crippen molar-refractivity contribution in [2.75, 3.05) is 53.4 Å². The molecule has 22 nitrogen and oxygen atoms in total. The Hall–Kier alpha value is -7.87. The van der Waals surface area contributed by atoms with Gasteiger partial charge in [-0.25, -0.2) is 46.9 Å². The number of amidine groups is 1. The van der Waals surface area contributed by atoms with E-state index in [-0.39, 0.29) is 138 Å². The minimum atomic E-state index is -3.22. The van der Waals surface area contributed by atoms with E-state index in [4.69, 9.17) is 39.5 Å². The number of benzene rings is 7. The number of aromatic amines is 1. The second kappa shape index (κ2) is 58.1. The van der Waals surface area contributed by atoms with Crippen molar-refractivity contribution in [2.45, 2.75) is 108 Å². The molecule has 7 aromatic carbocycles. The van der Waals surface area contributed by atoms with Gasteiger partial charge in [-0.2, -0.15) is 4.98 Å². The molecule has 10 aromatic rings. The van der Waals surface area contributed by atoms with Gasteiger partial charge in [0, 0.05) is 69.1 Å². The molecular formula is C79H93Cl6F6N14Na2O8P. The van der Waals surface area contributed by atoms with E-state index >= 15 is 0 Å². The Morgan fingerprint density at radius 1 is 0.672 bits per heavy atom. The molecule has 9 N–H and O–H groups in total. The number of nitrogens with one attached hydrogen (secondary N) is 5. The number of esters is 1. The van der Waals surface area contributed by atoms with Gasteiger partial charge in [-0.05, 0) is 280 Å². The number of nitrogen functional groups attached to an aromatic ring is 1. The van der Waals surface area contributed by atoms with Crippen LogP contribution in [-0.2, 0) is 41.4 Å². The standard InChI is InChI=1S/C22H23FN4.C12H11ClFN3.C12H12FN3O.C10H13N.C8H9FN2.C7H12O3.C6H6FN.CH3F.CH2O3.Cl3OP.2ClH.2Na.H/c1-14-15(2)24-22(25-19-10-8-18(23)9-11-19)26-21(14)27-13-12-17-6-4-5-7-20(17)16(27)3;1-7-8(2)15-12(17-11(7)13)16-10-5-3-9(14)4-6-10;1-7-8(2)14-12(16-11(7)17)15-10-5-3-9(13)4-6-10;1-8-10-5-3-2-4-9(10)6-7-11-8;1-6(10)11-8-4-2-7(9)3-5-8;1-4-10-7(9)5(2)6(3)8;7-5-1-3-6(8)4-2-5;1-2;2-1-4-3;1-5(2,3)4;;;;;/h4-11,16H,12-13H2,1-3H3,(H,24,25,26);3-6H,1-2H3,(H,15,16,17);3-6H,1-2H3,(H2,14,15,16,17);2-5,8,11H,6-7H2,1H3;2-5H,1H3,(H2,10,11);5H,4H2,1-3H3;1-4H,8H2;1H3;1,3H;;2*1H;;;/q;;;;;;;;;;;;2*+1;-1/p-1/i;;;;;;;1D;;;;;;;. The topological polar surface area (TPSA) is 323 Å². The summed E-state index contributed by atoms with van der Waals surface area (Å²) >= 11 is 19.8. The second-order valence-electron chi connectivity index (χ2n) is 24.0. The third-order valence-corrected chi connectivity index (χ3v) is 16.3. The molecule has 3 atom stereocenters. The van der Waals surface area contributed by atoms with Gasteiger partial charge in [0.1, 0.15) is 51.8 Å². The molecule has 5 heterocycles. The molecule has 0 aliphatic carbocycles. The predicted octanol–water partition coefficient (Wildman–Crippen LogP) is 13.7. The van der Waals surface area contributed by atoms with Crippen LogP contribution in [0.15, 0.2) is 180 Å². The number of aromatic nitrogens is 6. The predicted molar refractivity (Wildman–Crippen MR) is 449 cm³/mol. The second-order valence-corrected chi connectivity index (χ2v) is 31.0. The number of H-pyrrole nitrogens is 1. The van der Waals surface area contributed by atoms with Crippen molar-refractivity contribution in [3.8, 4) is 0 Å². The normalized spacial score (nSPS) is 12.6. The molecule has 2 aliphatic rings. The summed E-state index contributed by atoms with van der Waals surface area (Å²) in [6.07, 6.45) is 2.18. The molecular weight excluding hydrogens is 1680 g/mol. The number of fused-ring (bicyclic) bond motifs is 2. The summed E-state index contributed by atoms with van der Waals surface area (Å²) in [5, 5.41) is 18.1. The third-order valence-electron chi connectivity index (χ3n) is 15.9. The Morgan fingerprint density at radius 2 is 1.07 bits per heavy atom. The van der Waals surface area contributed by atoms with E-state index in [2.05, 4.69) is 169 Å². The number of ketones is 1. The van der Waals surface area contributed by atoms with E-state index in [0.29, 0.717) is 75.5 Å². The number of hydrogen-bond donors (Lipinski definition) is 7. The number of ether oxygens (including phenoxy) is 1. The van der Waals surface area contributed by atoms with Crippen LogP contribution in [0.5, 0.6) is 0 Å². The summed E-state index contributed by atoms with van der Waals surface area (Å²) < 4.78 is 92.6. The first-order chi connectivity index (χ1) is 53.4. The van der Waals surface area contributed by atoms with Crippen molar-refractivity contribution in [2.24, 2.45) is 16.6 Å². The van der Waals surface area contributed by atoms with E-state index in [0.717, 1.165) is 53.5 Å². The smallest absolute Gasteiger partial charge is 1.00 e. The molecule has 0 bridgehead atoms. The molecule has 618 valence electrons. The Balaban J connectivity index is -0.00000131. The molecule has 37 heteroatoms.